The molecule has 94 valence electrons. The van der Waals surface area contributed by atoms with Crippen molar-refractivity contribution in [3.8, 4) is 5.75 Å². The molecule has 0 spiro atoms. The number of piperidine rings is 1. The van der Waals surface area contributed by atoms with E-state index >= 15 is 0 Å². The van der Waals surface area contributed by atoms with E-state index in [-0.39, 0.29) is 0 Å². The lowest BCUT2D eigenvalue weighted by molar-refractivity contribution is 0.312. The number of rotatable bonds is 3. The lowest BCUT2D eigenvalue weighted by Gasteiger charge is -2.24. The summed E-state index contributed by atoms with van der Waals surface area (Å²) in [5.74, 6) is 0.376. The molecule has 0 unspecified atom stereocenters. The monoisotopic (exact) mass is 255 g/mol. The van der Waals surface area contributed by atoms with Crippen LogP contribution in [0.5, 0.6) is 5.75 Å². The standard InChI is InChI=1S/C12H17NO3S/c1-11-5-7-12(8-6-11)16-17(14,15)13-9-3-2-4-10-13/h5-8H,2-4,9-10H2,1H3. The number of benzene rings is 1. The SMILES string of the molecule is Cc1ccc(OS(=O)(=O)N2CCCCC2)cc1. The van der Waals surface area contributed by atoms with Gasteiger partial charge in [0, 0.05) is 13.1 Å². The molecule has 17 heavy (non-hydrogen) atoms. The molecular formula is C12H17NO3S. The minimum atomic E-state index is -3.62. The lowest BCUT2D eigenvalue weighted by Crippen LogP contribution is -2.38. The van der Waals surface area contributed by atoms with E-state index in [0.29, 0.717) is 18.8 Å². The summed E-state index contributed by atoms with van der Waals surface area (Å²) in [6, 6.07) is 7.02. The Hall–Kier alpha value is -1.07. The van der Waals surface area contributed by atoms with Gasteiger partial charge in [-0.2, -0.15) is 12.7 Å². The Labute approximate surface area is 102 Å². The van der Waals surface area contributed by atoms with Gasteiger partial charge in [-0.3, -0.25) is 0 Å². The maximum atomic E-state index is 11.9. The second-order valence-electron chi connectivity index (χ2n) is 4.31. The van der Waals surface area contributed by atoms with Crippen LogP contribution >= 0.6 is 0 Å². The summed E-state index contributed by atoms with van der Waals surface area (Å²) in [5, 5.41) is 0. The van der Waals surface area contributed by atoms with Gasteiger partial charge >= 0.3 is 10.3 Å². The van der Waals surface area contributed by atoms with Crippen molar-refractivity contribution in [2.24, 2.45) is 0 Å². The van der Waals surface area contributed by atoms with Crippen LogP contribution < -0.4 is 4.18 Å². The normalized spacial score (nSPS) is 17.9. The van der Waals surface area contributed by atoms with E-state index in [2.05, 4.69) is 0 Å². The number of hydrogen-bond donors (Lipinski definition) is 0. The average Bonchev–Trinajstić information content (AvgIpc) is 2.33. The van der Waals surface area contributed by atoms with Gasteiger partial charge in [-0.15, -0.1) is 0 Å². The highest BCUT2D eigenvalue weighted by Gasteiger charge is 2.25. The first-order valence-electron chi connectivity index (χ1n) is 5.84. The van der Waals surface area contributed by atoms with Gasteiger partial charge in [-0.05, 0) is 31.9 Å². The van der Waals surface area contributed by atoms with E-state index in [9.17, 15) is 8.42 Å². The van der Waals surface area contributed by atoms with Gasteiger partial charge < -0.3 is 4.18 Å². The van der Waals surface area contributed by atoms with Crippen LogP contribution in [0.4, 0.5) is 0 Å². The van der Waals surface area contributed by atoms with E-state index < -0.39 is 10.3 Å². The van der Waals surface area contributed by atoms with E-state index in [1.807, 2.05) is 19.1 Å². The Bertz CT molecular complexity index is 461. The lowest BCUT2D eigenvalue weighted by atomic mass is 10.2. The molecule has 1 aromatic carbocycles. The van der Waals surface area contributed by atoms with Crippen molar-refractivity contribution in [2.45, 2.75) is 26.2 Å². The molecule has 0 atom stereocenters. The molecule has 1 saturated heterocycles. The van der Waals surface area contributed by atoms with Crippen LogP contribution in [0.25, 0.3) is 0 Å². The molecule has 1 aliphatic heterocycles. The summed E-state index contributed by atoms with van der Waals surface area (Å²) in [5.41, 5.74) is 1.08. The molecule has 2 rings (SSSR count). The maximum Gasteiger partial charge on any atom is 0.385 e. The molecule has 0 amide bonds. The third-order valence-corrected chi connectivity index (χ3v) is 4.25. The van der Waals surface area contributed by atoms with Crippen LogP contribution in [-0.4, -0.2) is 25.8 Å². The quantitative estimate of drug-likeness (QED) is 0.831. The summed E-state index contributed by atoms with van der Waals surface area (Å²) in [7, 11) is -3.62. The summed E-state index contributed by atoms with van der Waals surface area (Å²) < 4.78 is 30.4. The van der Waals surface area contributed by atoms with E-state index in [4.69, 9.17) is 4.18 Å². The third kappa shape index (κ3) is 3.20. The molecule has 5 heteroatoms. The molecule has 1 aliphatic rings. The van der Waals surface area contributed by atoms with Crippen molar-refractivity contribution in [1.82, 2.24) is 4.31 Å². The molecule has 0 saturated carbocycles. The molecule has 0 aromatic heterocycles. The highest BCUT2D eigenvalue weighted by molar-refractivity contribution is 7.84. The van der Waals surface area contributed by atoms with Crippen LogP contribution in [-0.2, 0) is 10.3 Å². The highest BCUT2D eigenvalue weighted by atomic mass is 32.2. The van der Waals surface area contributed by atoms with Crippen molar-refractivity contribution in [3.05, 3.63) is 29.8 Å². The second-order valence-corrected chi connectivity index (χ2v) is 5.85. The van der Waals surface area contributed by atoms with Gasteiger partial charge in [0.2, 0.25) is 0 Å². The minimum absolute atomic E-state index is 0.376. The van der Waals surface area contributed by atoms with Crippen molar-refractivity contribution in [3.63, 3.8) is 0 Å². The molecule has 4 nitrogen and oxygen atoms in total. The van der Waals surface area contributed by atoms with Gasteiger partial charge in [0.05, 0.1) is 0 Å². The Balaban J connectivity index is 2.08. The first kappa shape index (κ1) is 12.4. The van der Waals surface area contributed by atoms with Crippen molar-refractivity contribution in [2.75, 3.05) is 13.1 Å². The molecule has 0 radical (unpaired) electrons. The van der Waals surface area contributed by atoms with Crippen LogP contribution in [0.3, 0.4) is 0 Å². The number of aryl methyl sites for hydroxylation is 1. The predicted molar refractivity (Wildman–Crippen MR) is 66.2 cm³/mol. The third-order valence-electron chi connectivity index (χ3n) is 2.85. The summed E-state index contributed by atoms with van der Waals surface area (Å²) >= 11 is 0. The smallest absolute Gasteiger partial charge is 0.371 e. The van der Waals surface area contributed by atoms with Crippen LogP contribution in [0.1, 0.15) is 24.8 Å². The molecular weight excluding hydrogens is 238 g/mol. The van der Waals surface area contributed by atoms with Gasteiger partial charge in [0.25, 0.3) is 0 Å². The number of hydrogen-bond acceptors (Lipinski definition) is 3. The predicted octanol–water partition coefficient (Wildman–Crippen LogP) is 2.10. The van der Waals surface area contributed by atoms with Crippen LogP contribution in [0.15, 0.2) is 24.3 Å². The van der Waals surface area contributed by atoms with Gasteiger partial charge in [0.1, 0.15) is 5.75 Å². The second kappa shape index (κ2) is 5.06. The molecule has 0 N–H and O–H groups in total. The van der Waals surface area contributed by atoms with E-state index in [1.165, 1.54) is 4.31 Å². The summed E-state index contributed by atoms with van der Waals surface area (Å²) in [6.45, 7) is 3.07. The van der Waals surface area contributed by atoms with Crippen LogP contribution in [0.2, 0.25) is 0 Å². The summed E-state index contributed by atoms with van der Waals surface area (Å²) in [6.07, 6.45) is 2.92. The van der Waals surface area contributed by atoms with E-state index in [0.717, 1.165) is 24.8 Å². The first-order chi connectivity index (χ1) is 8.08. The zero-order valence-electron chi connectivity index (χ0n) is 9.93. The molecule has 0 aliphatic carbocycles. The highest BCUT2D eigenvalue weighted by Crippen LogP contribution is 2.18. The molecule has 1 fully saturated rings. The Kier molecular flexibility index (Phi) is 3.69. The van der Waals surface area contributed by atoms with Crippen molar-refractivity contribution >= 4 is 10.3 Å². The van der Waals surface area contributed by atoms with Crippen LogP contribution in [0, 0.1) is 6.92 Å². The first-order valence-corrected chi connectivity index (χ1v) is 7.21. The number of nitrogens with zero attached hydrogens (tertiary/aromatic N) is 1. The molecule has 1 aromatic rings. The van der Waals surface area contributed by atoms with Gasteiger partial charge in [-0.1, -0.05) is 24.1 Å². The fourth-order valence-corrected chi connectivity index (χ4v) is 3.02. The van der Waals surface area contributed by atoms with E-state index in [1.54, 1.807) is 12.1 Å². The van der Waals surface area contributed by atoms with Gasteiger partial charge in [0.15, 0.2) is 0 Å². The fraction of sp³-hybridized carbons (Fsp3) is 0.500. The fourth-order valence-electron chi connectivity index (χ4n) is 1.86. The maximum absolute atomic E-state index is 11.9. The Morgan fingerprint density at radius 3 is 2.24 bits per heavy atom. The zero-order valence-corrected chi connectivity index (χ0v) is 10.7. The summed E-state index contributed by atoms with van der Waals surface area (Å²) in [4.78, 5) is 0. The van der Waals surface area contributed by atoms with Gasteiger partial charge in [-0.25, -0.2) is 0 Å². The molecule has 0 bridgehead atoms. The Morgan fingerprint density at radius 1 is 1.06 bits per heavy atom. The average molecular weight is 255 g/mol. The zero-order chi connectivity index (χ0) is 12.3. The topological polar surface area (TPSA) is 46.6 Å². The van der Waals surface area contributed by atoms with Crippen molar-refractivity contribution < 1.29 is 12.6 Å². The Morgan fingerprint density at radius 2 is 1.65 bits per heavy atom. The largest absolute Gasteiger partial charge is 0.385 e. The minimum Gasteiger partial charge on any atom is -0.371 e. The molecule has 1 heterocycles. The van der Waals surface area contributed by atoms with Crippen molar-refractivity contribution in [1.29, 1.82) is 0 Å².